The summed E-state index contributed by atoms with van der Waals surface area (Å²) >= 11 is 0. The van der Waals surface area contributed by atoms with Crippen molar-refractivity contribution in [2.24, 2.45) is 5.73 Å². The van der Waals surface area contributed by atoms with Crippen LogP contribution in [0.15, 0.2) is 29.2 Å². The fourth-order valence-corrected chi connectivity index (χ4v) is 3.49. The lowest BCUT2D eigenvalue weighted by atomic mass is 9.69. The van der Waals surface area contributed by atoms with E-state index in [-0.39, 0.29) is 11.5 Å². The fourth-order valence-electron chi connectivity index (χ4n) is 2.82. The summed E-state index contributed by atoms with van der Waals surface area (Å²) in [4.78, 5) is 0.337. The van der Waals surface area contributed by atoms with Gasteiger partial charge in [0.2, 0.25) is 0 Å². The average Bonchev–Trinajstić information content (AvgIpc) is 2.39. The van der Waals surface area contributed by atoms with Gasteiger partial charge in [-0.1, -0.05) is 12.1 Å². The Kier molecular flexibility index (Phi) is 3.99. The fraction of sp³-hybridized carbons (Fsp3) is 0.571. The summed E-state index contributed by atoms with van der Waals surface area (Å²) in [6.07, 6.45) is 4.01. The number of aliphatic hydroxyl groups is 1. The van der Waals surface area contributed by atoms with Crippen molar-refractivity contribution in [2.45, 2.75) is 42.1 Å². The van der Waals surface area contributed by atoms with Crippen molar-refractivity contribution in [3.8, 4) is 0 Å². The largest absolute Gasteiger partial charge is 0.393 e. The second-order valence-corrected chi connectivity index (χ2v) is 7.53. The van der Waals surface area contributed by atoms with Crippen LogP contribution in [0, 0.1) is 0 Å². The molecule has 3 N–H and O–H groups in total. The van der Waals surface area contributed by atoms with Gasteiger partial charge in [0.25, 0.3) is 0 Å². The zero-order chi connectivity index (χ0) is 14.1. The lowest BCUT2D eigenvalue weighted by molar-refractivity contribution is 0.0974. The van der Waals surface area contributed by atoms with Crippen LogP contribution in [0.3, 0.4) is 0 Å². The lowest BCUT2D eigenvalue weighted by Gasteiger charge is -2.38. The van der Waals surface area contributed by atoms with E-state index >= 15 is 0 Å². The van der Waals surface area contributed by atoms with Gasteiger partial charge in [0.1, 0.15) is 0 Å². The van der Waals surface area contributed by atoms with Crippen molar-refractivity contribution in [2.75, 3.05) is 12.8 Å². The van der Waals surface area contributed by atoms with Crippen LogP contribution in [0.1, 0.15) is 31.2 Å². The molecule has 0 atom stereocenters. The standard InChI is InChI=1S/C14H21NO3S/c1-19(17,18)13-4-2-3-11(9-13)14(10-15)7-5-12(16)6-8-14/h2-4,9,12,16H,5-8,10,15H2,1H3. The molecule has 0 aromatic heterocycles. The molecule has 1 aromatic rings. The monoisotopic (exact) mass is 283 g/mol. The predicted octanol–water partition coefficient (Wildman–Crippen LogP) is 1.22. The van der Waals surface area contributed by atoms with Crippen molar-refractivity contribution in [1.29, 1.82) is 0 Å². The van der Waals surface area contributed by atoms with Crippen LogP contribution < -0.4 is 5.73 Å². The highest BCUT2D eigenvalue weighted by Crippen LogP contribution is 2.39. The lowest BCUT2D eigenvalue weighted by Crippen LogP contribution is -2.40. The smallest absolute Gasteiger partial charge is 0.175 e. The predicted molar refractivity (Wildman–Crippen MR) is 74.8 cm³/mol. The van der Waals surface area contributed by atoms with Gasteiger partial charge in [-0.2, -0.15) is 0 Å². The summed E-state index contributed by atoms with van der Waals surface area (Å²) in [6, 6.07) is 7.06. The van der Waals surface area contributed by atoms with Crippen LogP contribution in [0.5, 0.6) is 0 Å². The molecule has 0 aliphatic heterocycles. The molecule has 0 unspecified atom stereocenters. The van der Waals surface area contributed by atoms with E-state index in [0.717, 1.165) is 31.2 Å². The zero-order valence-electron chi connectivity index (χ0n) is 11.2. The molecule has 0 spiro atoms. The topological polar surface area (TPSA) is 80.4 Å². The summed E-state index contributed by atoms with van der Waals surface area (Å²) in [6.45, 7) is 0.479. The second-order valence-electron chi connectivity index (χ2n) is 5.52. The first kappa shape index (κ1) is 14.5. The highest BCUT2D eigenvalue weighted by Gasteiger charge is 2.35. The Balaban J connectivity index is 2.39. The molecular formula is C14H21NO3S. The summed E-state index contributed by atoms with van der Waals surface area (Å²) in [5.41, 5.74) is 6.73. The Labute approximate surface area is 114 Å². The summed E-state index contributed by atoms with van der Waals surface area (Å²) in [5, 5.41) is 9.63. The first-order chi connectivity index (χ1) is 8.87. The highest BCUT2D eigenvalue weighted by atomic mass is 32.2. The molecule has 19 heavy (non-hydrogen) atoms. The SMILES string of the molecule is CS(=O)(=O)c1cccc(C2(CN)CCC(O)CC2)c1. The number of nitrogens with two attached hydrogens (primary N) is 1. The van der Waals surface area contributed by atoms with E-state index in [4.69, 9.17) is 5.73 Å². The average molecular weight is 283 g/mol. The van der Waals surface area contributed by atoms with E-state index < -0.39 is 9.84 Å². The van der Waals surface area contributed by atoms with Crippen molar-refractivity contribution < 1.29 is 13.5 Å². The molecule has 2 rings (SSSR count). The van der Waals surface area contributed by atoms with Gasteiger partial charge in [-0.15, -0.1) is 0 Å². The van der Waals surface area contributed by atoms with Crippen molar-refractivity contribution >= 4 is 9.84 Å². The van der Waals surface area contributed by atoms with E-state index in [9.17, 15) is 13.5 Å². The minimum absolute atomic E-state index is 0.195. The van der Waals surface area contributed by atoms with Gasteiger partial charge in [-0.3, -0.25) is 0 Å². The van der Waals surface area contributed by atoms with E-state index in [1.54, 1.807) is 18.2 Å². The molecular weight excluding hydrogens is 262 g/mol. The molecule has 1 aromatic carbocycles. The minimum Gasteiger partial charge on any atom is -0.393 e. The Hall–Kier alpha value is -0.910. The Bertz CT molecular complexity index is 546. The molecule has 1 aliphatic carbocycles. The summed E-state index contributed by atoms with van der Waals surface area (Å²) in [5.74, 6) is 0. The maximum absolute atomic E-state index is 11.6. The molecule has 0 amide bonds. The minimum atomic E-state index is -3.20. The Morgan fingerprint density at radius 1 is 1.37 bits per heavy atom. The zero-order valence-corrected chi connectivity index (χ0v) is 12.0. The van der Waals surface area contributed by atoms with E-state index in [1.807, 2.05) is 6.07 Å². The van der Waals surface area contributed by atoms with Gasteiger partial charge in [0.05, 0.1) is 11.0 Å². The first-order valence-electron chi connectivity index (χ1n) is 6.56. The van der Waals surface area contributed by atoms with Crippen LogP contribution in [0.4, 0.5) is 0 Å². The molecule has 5 heteroatoms. The van der Waals surface area contributed by atoms with E-state index in [1.165, 1.54) is 6.26 Å². The Morgan fingerprint density at radius 2 is 2.00 bits per heavy atom. The van der Waals surface area contributed by atoms with Crippen LogP contribution in [-0.2, 0) is 15.3 Å². The summed E-state index contributed by atoms with van der Waals surface area (Å²) < 4.78 is 23.3. The molecule has 1 fully saturated rings. The summed E-state index contributed by atoms with van der Waals surface area (Å²) in [7, 11) is -3.20. The number of rotatable bonds is 3. The molecule has 0 heterocycles. The van der Waals surface area contributed by atoms with Crippen molar-refractivity contribution in [1.82, 2.24) is 0 Å². The molecule has 1 saturated carbocycles. The maximum Gasteiger partial charge on any atom is 0.175 e. The van der Waals surface area contributed by atoms with E-state index in [0.29, 0.717) is 11.4 Å². The Morgan fingerprint density at radius 3 is 2.53 bits per heavy atom. The van der Waals surface area contributed by atoms with Gasteiger partial charge in [0.15, 0.2) is 9.84 Å². The maximum atomic E-state index is 11.6. The number of hydrogen-bond donors (Lipinski definition) is 2. The molecule has 0 radical (unpaired) electrons. The number of aliphatic hydroxyl groups excluding tert-OH is 1. The molecule has 0 bridgehead atoms. The van der Waals surface area contributed by atoms with Crippen LogP contribution in [0.2, 0.25) is 0 Å². The van der Waals surface area contributed by atoms with Crippen LogP contribution in [-0.4, -0.2) is 32.4 Å². The number of benzene rings is 1. The van der Waals surface area contributed by atoms with Crippen molar-refractivity contribution in [3.05, 3.63) is 29.8 Å². The molecule has 106 valence electrons. The quantitative estimate of drug-likeness (QED) is 0.874. The third kappa shape index (κ3) is 2.99. The normalized spacial score (nSPS) is 28.3. The van der Waals surface area contributed by atoms with Crippen LogP contribution in [0.25, 0.3) is 0 Å². The van der Waals surface area contributed by atoms with Gasteiger partial charge in [-0.25, -0.2) is 8.42 Å². The third-order valence-electron chi connectivity index (χ3n) is 4.18. The highest BCUT2D eigenvalue weighted by molar-refractivity contribution is 7.90. The number of hydrogen-bond acceptors (Lipinski definition) is 4. The van der Waals surface area contributed by atoms with Crippen molar-refractivity contribution in [3.63, 3.8) is 0 Å². The molecule has 4 nitrogen and oxygen atoms in total. The second kappa shape index (κ2) is 5.23. The first-order valence-corrected chi connectivity index (χ1v) is 8.45. The van der Waals surface area contributed by atoms with Gasteiger partial charge in [0, 0.05) is 18.2 Å². The molecule has 1 aliphatic rings. The van der Waals surface area contributed by atoms with Gasteiger partial charge >= 0.3 is 0 Å². The van der Waals surface area contributed by atoms with Gasteiger partial charge < -0.3 is 10.8 Å². The third-order valence-corrected chi connectivity index (χ3v) is 5.29. The molecule has 0 saturated heterocycles. The number of sulfone groups is 1. The van der Waals surface area contributed by atoms with E-state index in [2.05, 4.69) is 0 Å². The van der Waals surface area contributed by atoms with Gasteiger partial charge in [-0.05, 0) is 43.4 Å². The van der Waals surface area contributed by atoms with Crippen LogP contribution >= 0.6 is 0 Å².